The average molecular weight is 539 g/mol. The first-order valence-corrected chi connectivity index (χ1v) is 13.9. The van der Waals surface area contributed by atoms with E-state index in [1.165, 1.54) is 16.2 Å². The monoisotopic (exact) mass is 538 g/mol. The van der Waals surface area contributed by atoms with Gasteiger partial charge in [-0.05, 0) is 41.4 Å². The summed E-state index contributed by atoms with van der Waals surface area (Å²) < 4.78 is 5.79. The number of carboxylic acid groups (broad SMARTS) is 1. The number of thiazole rings is 1. The lowest BCUT2D eigenvalue weighted by Gasteiger charge is -2.34. The number of aromatic nitrogens is 1. The Morgan fingerprint density at radius 3 is 2.82 bits per heavy atom. The molecule has 0 spiro atoms. The maximum atomic E-state index is 13.8. The maximum Gasteiger partial charge on any atom is 0.410 e. The molecule has 1 aromatic carbocycles. The first-order valence-electron chi connectivity index (χ1n) is 13.1. The van der Waals surface area contributed by atoms with E-state index in [-0.39, 0.29) is 18.9 Å². The second-order valence-electron chi connectivity index (χ2n) is 11.3. The van der Waals surface area contributed by atoms with E-state index >= 15 is 0 Å². The van der Waals surface area contributed by atoms with E-state index in [1.807, 2.05) is 38.3 Å². The highest BCUT2D eigenvalue weighted by atomic mass is 32.1. The largest absolute Gasteiger partial charge is 0.480 e. The van der Waals surface area contributed by atoms with E-state index in [0.29, 0.717) is 18.2 Å². The molecule has 1 saturated heterocycles. The normalized spacial score (nSPS) is 25.1. The number of nitrogens with one attached hydrogen (secondary N) is 1. The molecule has 0 radical (unpaired) electrons. The number of hydrogen-bond acceptors (Lipinski definition) is 7. The SMILES string of the molecule is CC(C)(C)[C@@H]1Nc2nc(cs2)CCC/C=C/c2cccc3c2CN(C3)C(=O)O[C@@H]2C[C@@H](C(=O)O)N(C2)C1=O. The van der Waals surface area contributed by atoms with Crippen LogP contribution in [0.5, 0.6) is 0 Å². The third-order valence-electron chi connectivity index (χ3n) is 7.41. The van der Waals surface area contributed by atoms with Gasteiger partial charge in [-0.25, -0.2) is 14.6 Å². The Morgan fingerprint density at radius 1 is 1.24 bits per heavy atom. The summed E-state index contributed by atoms with van der Waals surface area (Å²) in [6.45, 7) is 6.72. The van der Waals surface area contributed by atoms with Crippen molar-refractivity contribution in [3.8, 4) is 0 Å². The Morgan fingerprint density at radius 2 is 2.05 bits per heavy atom. The minimum absolute atomic E-state index is 0.0354. The zero-order chi connectivity index (χ0) is 27.0. The fraction of sp³-hybridized carbons (Fsp3) is 0.500. The molecule has 1 aromatic heterocycles. The van der Waals surface area contributed by atoms with Crippen molar-refractivity contribution in [3.63, 3.8) is 0 Å². The molecule has 6 bridgehead atoms. The molecule has 1 fully saturated rings. The van der Waals surface area contributed by atoms with Crippen molar-refractivity contribution >= 4 is 40.5 Å². The van der Waals surface area contributed by atoms with E-state index < -0.39 is 35.7 Å². The minimum atomic E-state index is -1.11. The summed E-state index contributed by atoms with van der Waals surface area (Å²) in [6.07, 6.45) is 5.79. The molecule has 2 aromatic rings. The molecule has 3 aliphatic heterocycles. The quantitative estimate of drug-likeness (QED) is 0.549. The van der Waals surface area contributed by atoms with Gasteiger partial charge in [0.15, 0.2) is 5.13 Å². The van der Waals surface area contributed by atoms with Gasteiger partial charge in [0.05, 0.1) is 18.8 Å². The molecule has 0 unspecified atom stereocenters. The molecular formula is C28H34N4O5S. The van der Waals surface area contributed by atoms with Crippen molar-refractivity contribution in [1.29, 1.82) is 0 Å². The number of anilines is 1. The Bertz CT molecular complexity index is 1270. The van der Waals surface area contributed by atoms with Gasteiger partial charge >= 0.3 is 12.1 Å². The number of benzene rings is 1. The maximum absolute atomic E-state index is 13.8. The van der Waals surface area contributed by atoms with Crippen molar-refractivity contribution in [2.24, 2.45) is 5.41 Å². The standard InChI is InChI=1S/C28H34N4O5S/c1-28(2,3)23-24(33)32-14-20(12-22(32)25(34)35)37-27(36)31-13-18-10-7-9-17(21(18)15-31)8-5-4-6-11-19-16-38-26(29-19)30-23/h5,7-10,16,20,22-23H,4,6,11-15H2,1-3H3,(H,29,30)(H,34,35)/b8-5+/t20-,22+,23-/m1/s1. The van der Waals surface area contributed by atoms with Crippen molar-refractivity contribution in [2.75, 3.05) is 11.9 Å². The summed E-state index contributed by atoms with van der Waals surface area (Å²) in [6, 6.07) is 4.30. The zero-order valence-corrected chi connectivity index (χ0v) is 22.8. The minimum Gasteiger partial charge on any atom is -0.480 e. The van der Waals surface area contributed by atoms with Crippen molar-refractivity contribution in [1.82, 2.24) is 14.8 Å². The molecule has 202 valence electrons. The van der Waals surface area contributed by atoms with Gasteiger partial charge in [0.1, 0.15) is 18.2 Å². The number of allylic oxidation sites excluding steroid dienone is 1. The number of ether oxygens (including phenoxy) is 1. The summed E-state index contributed by atoms with van der Waals surface area (Å²) in [7, 11) is 0. The highest BCUT2D eigenvalue weighted by Crippen LogP contribution is 2.32. The van der Waals surface area contributed by atoms with Crippen LogP contribution < -0.4 is 5.32 Å². The molecule has 0 aliphatic carbocycles. The van der Waals surface area contributed by atoms with Gasteiger partial charge in [-0.3, -0.25) is 9.69 Å². The van der Waals surface area contributed by atoms with Crippen LogP contribution in [-0.2, 0) is 33.8 Å². The lowest BCUT2D eigenvalue weighted by molar-refractivity contribution is -0.149. The van der Waals surface area contributed by atoms with Crippen LogP contribution in [0.25, 0.3) is 6.08 Å². The molecule has 2 amide bonds. The highest BCUT2D eigenvalue weighted by molar-refractivity contribution is 7.13. The van der Waals surface area contributed by atoms with Crippen LogP contribution in [0.1, 0.15) is 62.4 Å². The van der Waals surface area contributed by atoms with Crippen LogP contribution in [0.2, 0.25) is 0 Å². The Labute approximate surface area is 226 Å². The molecule has 38 heavy (non-hydrogen) atoms. The van der Waals surface area contributed by atoms with Gasteiger partial charge in [0.2, 0.25) is 5.91 Å². The van der Waals surface area contributed by atoms with Crippen molar-refractivity contribution in [2.45, 2.75) is 77.7 Å². The first-order chi connectivity index (χ1) is 18.1. The van der Waals surface area contributed by atoms with Crippen molar-refractivity contribution < 1.29 is 24.2 Å². The Hall–Kier alpha value is -3.40. The Kier molecular flexibility index (Phi) is 7.17. The van der Waals surface area contributed by atoms with E-state index in [1.54, 1.807) is 4.90 Å². The number of amides is 2. The zero-order valence-electron chi connectivity index (χ0n) is 22.0. The fourth-order valence-electron chi connectivity index (χ4n) is 5.35. The smallest absolute Gasteiger partial charge is 0.410 e. The summed E-state index contributed by atoms with van der Waals surface area (Å²) in [4.78, 5) is 46.7. The number of carbonyl (C=O) groups excluding carboxylic acids is 2. The summed E-state index contributed by atoms with van der Waals surface area (Å²) in [5, 5.41) is 15.9. The number of rotatable bonds is 1. The van der Waals surface area contributed by atoms with Gasteiger partial charge in [-0.1, -0.05) is 51.1 Å². The van der Waals surface area contributed by atoms with E-state index in [9.17, 15) is 19.5 Å². The topological polar surface area (TPSA) is 112 Å². The number of aryl methyl sites for hydroxylation is 1. The number of carboxylic acids is 1. The van der Waals surface area contributed by atoms with Gasteiger partial charge in [-0.2, -0.15) is 0 Å². The van der Waals surface area contributed by atoms with E-state index in [2.05, 4.69) is 23.5 Å². The number of hydrogen-bond donors (Lipinski definition) is 2. The lowest BCUT2D eigenvalue weighted by atomic mass is 9.85. The number of carbonyl (C=O) groups is 3. The van der Waals surface area contributed by atoms with Gasteiger partial charge in [0, 0.05) is 18.3 Å². The molecule has 3 atom stereocenters. The predicted octanol–water partition coefficient (Wildman–Crippen LogP) is 4.53. The molecule has 9 nitrogen and oxygen atoms in total. The van der Waals surface area contributed by atoms with Gasteiger partial charge in [-0.15, -0.1) is 11.3 Å². The second kappa shape index (κ2) is 10.4. The van der Waals surface area contributed by atoms with Crippen LogP contribution >= 0.6 is 11.3 Å². The second-order valence-corrected chi connectivity index (χ2v) is 12.2. The van der Waals surface area contributed by atoms with Crippen LogP contribution in [0.4, 0.5) is 9.93 Å². The lowest BCUT2D eigenvalue weighted by Crippen LogP contribution is -2.52. The molecule has 4 heterocycles. The summed E-state index contributed by atoms with van der Waals surface area (Å²) in [5.74, 6) is -1.44. The van der Waals surface area contributed by atoms with Gasteiger partial charge < -0.3 is 20.1 Å². The molecular weight excluding hydrogens is 504 g/mol. The fourth-order valence-corrected chi connectivity index (χ4v) is 6.12. The summed E-state index contributed by atoms with van der Waals surface area (Å²) >= 11 is 1.45. The van der Waals surface area contributed by atoms with E-state index in [4.69, 9.17) is 9.72 Å². The molecule has 10 heteroatoms. The Balaban J connectivity index is 1.45. The van der Waals surface area contributed by atoms with Crippen LogP contribution in [0.15, 0.2) is 29.7 Å². The van der Waals surface area contributed by atoms with Crippen LogP contribution in [-0.4, -0.2) is 62.6 Å². The molecule has 2 N–H and O–H groups in total. The average Bonchev–Trinajstić information content (AvgIpc) is 3.59. The predicted molar refractivity (Wildman–Crippen MR) is 145 cm³/mol. The van der Waals surface area contributed by atoms with Gasteiger partial charge in [0.25, 0.3) is 0 Å². The highest BCUT2D eigenvalue weighted by Gasteiger charge is 2.46. The van der Waals surface area contributed by atoms with Crippen LogP contribution in [0, 0.1) is 5.41 Å². The number of fused-ring (bicyclic) bond motifs is 5. The third kappa shape index (κ3) is 5.41. The van der Waals surface area contributed by atoms with E-state index in [0.717, 1.165) is 41.6 Å². The first kappa shape index (κ1) is 26.2. The summed E-state index contributed by atoms with van der Waals surface area (Å²) in [5.41, 5.74) is 3.72. The third-order valence-corrected chi connectivity index (χ3v) is 8.23. The van der Waals surface area contributed by atoms with Crippen molar-refractivity contribution in [3.05, 3.63) is 52.0 Å². The number of nitrogens with zero attached hydrogens (tertiary/aromatic N) is 3. The van der Waals surface area contributed by atoms with Crippen LogP contribution in [0.3, 0.4) is 0 Å². The number of aliphatic carboxylic acids is 1. The molecule has 3 aliphatic rings. The molecule has 5 rings (SSSR count). The molecule has 0 saturated carbocycles.